The third-order valence-corrected chi connectivity index (χ3v) is 2.42. The molecule has 0 aromatic carbocycles. The first-order chi connectivity index (χ1) is 8.31. The van der Waals surface area contributed by atoms with Gasteiger partial charge in [0.25, 0.3) is 0 Å². The van der Waals surface area contributed by atoms with Gasteiger partial charge in [-0.15, -0.1) is 0 Å². The second-order valence-corrected chi connectivity index (χ2v) is 3.56. The lowest BCUT2D eigenvalue weighted by Crippen LogP contribution is -2.37. The van der Waals surface area contributed by atoms with Crippen molar-refractivity contribution in [3.05, 3.63) is 18.0 Å². The van der Waals surface area contributed by atoms with Crippen LogP contribution in [0.25, 0.3) is 0 Å². The molecule has 0 spiro atoms. The molecule has 1 aliphatic heterocycles. The molecule has 1 aromatic rings. The Morgan fingerprint density at radius 3 is 3.00 bits per heavy atom. The molecule has 0 radical (unpaired) electrons. The average molecular weight is 237 g/mol. The van der Waals surface area contributed by atoms with Gasteiger partial charge in [0, 0.05) is 19.3 Å². The molecule has 1 fully saturated rings. The first-order valence-corrected chi connectivity index (χ1v) is 5.64. The largest absolute Gasteiger partial charge is 0.461 e. The van der Waals surface area contributed by atoms with Crippen molar-refractivity contribution in [2.24, 2.45) is 0 Å². The molecule has 2 rings (SSSR count). The van der Waals surface area contributed by atoms with E-state index in [1.54, 1.807) is 19.2 Å². The van der Waals surface area contributed by atoms with Crippen LogP contribution in [-0.2, 0) is 9.47 Å². The number of nitrogens with zero attached hydrogens (tertiary/aromatic N) is 3. The van der Waals surface area contributed by atoms with Crippen molar-refractivity contribution in [2.45, 2.75) is 6.92 Å². The van der Waals surface area contributed by atoms with Crippen LogP contribution in [0.2, 0.25) is 0 Å². The molecule has 6 nitrogen and oxygen atoms in total. The fourth-order valence-electron chi connectivity index (χ4n) is 1.58. The van der Waals surface area contributed by atoms with E-state index in [4.69, 9.17) is 9.47 Å². The van der Waals surface area contributed by atoms with Gasteiger partial charge < -0.3 is 14.4 Å². The quantitative estimate of drug-likeness (QED) is 0.713. The highest BCUT2D eigenvalue weighted by atomic mass is 16.5. The monoisotopic (exact) mass is 237 g/mol. The first-order valence-electron chi connectivity index (χ1n) is 5.64. The number of ether oxygens (including phenoxy) is 2. The Morgan fingerprint density at radius 2 is 2.29 bits per heavy atom. The van der Waals surface area contributed by atoms with Gasteiger partial charge >= 0.3 is 5.97 Å². The molecule has 0 N–H and O–H groups in total. The molecule has 0 unspecified atom stereocenters. The average Bonchev–Trinajstić information content (AvgIpc) is 2.40. The first kappa shape index (κ1) is 11.8. The summed E-state index contributed by atoms with van der Waals surface area (Å²) in [5.74, 6) is 0.142. The predicted molar refractivity (Wildman–Crippen MR) is 61.0 cm³/mol. The standard InChI is InChI=1S/C11H15N3O3/c1-2-17-10(15)9-3-4-12-11(13-9)14-5-7-16-8-6-14/h3-4H,2,5-8H2,1H3. The summed E-state index contributed by atoms with van der Waals surface area (Å²) in [6.45, 7) is 4.91. The minimum absolute atomic E-state index is 0.295. The van der Waals surface area contributed by atoms with Crippen molar-refractivity contribution in [2.75, 3.05) is 37.8 Å². The molecule has 1 saturated heterocycles. The van der Waals surface area contributed by atoms with E-state index in [0.29, 0.717) is 31.5 Å². The SMILES string of the molecule is CCOC(=O)c1ccnc(N2CCOCC2)n1. The molecule has 1 aliphatic rings. The minimum Gasteiger partial charge on any atom is -0.461 e. The number of hydrogen-bond acceptors (Lipinski definition) is 6. The highest BCUT2D eigenvalue weighted by Gasteiger charge is 2.16. The lowest BCUT2D eigenvalue weighted by molar-refractivity contribution is 0.0519. The second-order valence-electron chi connectivity index (χ2n) is 3.56. The topological polar surface area (TPSA) is 64.5 Å². The van der Waals surface area contributed by atoms with Crippen LogP contribution in [0.1, 0.15) is 17.4 Å². The molecule has 2 heterocycles. The number of morpholine rings is 1. The molecular weight excluding hydrogens is 222 g/mol. The summed E-state index contributed by atoms with van der Waals surface area (Å²) >= 11 is 0. The van der Waals surface area contributed by atoms with Crippen molar-refractivity contribution >= 4 is 11.9 Å². The Morgan fingerprint density at radius 1 is 1.53 bits per heavy atom. The van der Waals surface area contributed by atoms with E-state index in [-0.39, 0.29) is 0 Å². The summed E-state index contributed by atoms with van der Waals surface area (Å²) < 4.78 is 10.1. The van der Waals surface area contributed by atoms with E-state index >= 15 is 0 Å². The zero-order valence-electron chi connectivity index (χ0n) is 9.76. The molecule has 0 saturated carbocycles. The predicted octanol–water partition coefficient (Wildman–Crippen LogP) is 0.490. The summed E-state index contributed by atoms with van der Waals surface area (Å²) in [6.07, 6.45) is 1.57. The summed E-state index contributed by atoms with van der Waals surface area (Å²) in [7, 11) is 0. The molecule has 0 aliphatic carbocycles. The van der Waals surface area contributed by atoms with Gasteiger partial charge in [-0.25, -0.2) is 14.8 Å². The maximum absolute atomic E-state index is 11.5. The Kier molecular flexibility index (Phi) is 3.87. The van der Waals surface area contributed by atoms with Crippen molar-refractivity contribution < 1.29 is 14.3 Å². The number of aromatic nitrogens is 2. The van der Waals surface area contributed by atoms with Crippen LogP contribution >= 0.6 is 0 Å². The van der Waals surface area contributed by atoms with Crippen LogP contribution in [-0.4, -0.2) is 48.8 Å². The Labute approximate surface area is 99.6 Å². The summed E-state index contributed by atoms with van der Waals surface area (Å²) in [5, 5.41) is 0. The molecule has 0 amide bonds. The fourth-order valence-corrected chi connectivity index (χ4v) is 1.58. The van der Waals surface area contributed by atoms with Gasteiger partial charge in [-0.3, -0.25) is 0 Å². The summed E-state index contributed by atoms with van der Waals surface area (Å²) in [4.78, 5) is 21.9. The van der Waals surface area contributed by atoms with Gasteiger partial charge in [0.2, 0.25) is 5.95 Å². The third kappa shape index (κ3) is 2.91. The second kappa shape index (κ2) is 5.58. The Bertz CT molecular complexity index is 391. The van der Waals surface area contributed by atoms with E-state index in [2.05, 4.69) is 9.97 Å². The van der Waals surface area contributed by atoms with E-state index in [9.17, 15) is 4.79 Å². The highest BCUT2D eigenvalue weighted by Crippen LogP contribution is 2.10. The van der Waals surface area contributed by atoms with E-state index in [0.717, 1.165) is 13.1 Å². The maximum atomic E-state index is 11.5. The Balaban J connectivity index is 2.12. The number of esters is 1. The Hall–Kier alpha value is -1.69. The number of hydrogen-bond donors (Lipinski definition) is 0. The highest BCUT2D eigenvalue weighted by molar-refractivity contribution is 5.87. The number of rotatable bonds is 3. The zero-order valence-corrected chi connectivity index (χ0v) is 9.76. The molecule has 17 heavy (non-hydrogen) atoms. The molecule has 6 heteroatoms. The molecule has 0 bridgehead atoms. The van der Waals surface area contributed by atoms with Crippen molar-refractivity contribution in [3.63, 3.8) is 0 Å². The van der Waals surface area contributed by atoms with Crippen LogP contribution in [0.5, 0.6) is 0 Å². The minimum atomic E-state index is -0.413. The van der Waals surface area contributed by atoms with Gasteiger partial charge in [0.15, 0.2) is 5.69 Å². The summed E-state index contributed by atoms with van der Waals surface area (Å²) in [5.41, 5.74) is 0.295. The molecule has 1 aromatic heterocycles. The van der Waals surface area contributed by atoms with Crippen molar-refractivity contribution in [3.8, 4) is 0 Å². The van der Waals surface area contributed by atoms with Crippen molar-refractivity contribution in [1.29, 1.82) is 0 Å². The van der Waals surface area contributed by atoms with Gasteiger partial charge in [-0.1, -0.05) is 0 Å². The van der Waals surface area contributed by atoms with E-state index in [1.165, 1.54) is 0 Å². The van der Waals surface area contributed by atoms with Crippen LogP contribution in [0.3, 0.4) is 0 Å². The third-order valence-electron chi connectivity index (χ3n) is 2.42. The van der Waals surface area contributed by atoms with Gasteiger partial charge in [0.05, 0.1) is 19.8 Å². The summed E-state index contributed by atoms with van der Waals surface area (Å²) in [6, 6.07) is 1.56. The smallest absolute Gasteiger partial charge is 0.357 e. The maximum Gasteiger partial charge on any atom is 0.357 e. The van der Waals surface area contributed by atoms with Crippen LogP contribution in [0.15, 0.2) is 12.3 Å². The van der Waals surface area contributed by atoms with Crippen LogP contribution < -0.4 is 4.90 Å². The van der Waals surface area contributed by atoms with Gasteiger partial charge in [-0.2, -0.15) is 0 Å². The molecule has 0 atom stereocenters. The molecular formula is C11H15N3O3. The number of carbonyl (C=O) groups excluding carboxylic acids is 1. The van der Waals surface area contributed by atoms with E-state index < -0.39 is 5.97 Å². The lowest BCUT2D eigenvalue weighted by Gasteiger charge is -2.26. The van der Waals surface area contributed by atoms with Crippen LogP contribution in [0, 0.1) is 0 Å². The van der Waals surface area contributed by atoms with Gasteiger partial charge in [-0.05, 0) is 13.0 Å². The van der Waals surface area contributed by atoms with Gasteiger partial charge in [0.1, 0.15) is 0 Å². The normalized spacial score (nSPS) is 15.7. The number of anilines is 1. The molecule has 92 valence electrons. The zero-order chi connectivity index (χ0) is 12.1. The van der Waals surface area contributed by atoms with Crippen LogP contribution in [0.4, 0.5) is 5.95 Å². The lowest BCUT2D eigenvalue weighted by atomic mass is 10.4. The fraction of sp³-hybridized carbons (Fsp3) is 0.545. The van der Waals surface area contributed by atoms with E-state index in [1.807, 2.05) is 4.90 Å². The number of carbonyl (C=O) groups is 1. The van der Waals surface area contributed by atoms with Crippen molar-refractivity contribution in [1.82, 2.24) is 9.97 Å².